The minimum absolute atomic E-state index is 0.180. The molecule has 0 saturated heterocycles. The molecule has 4 heteroatoms. The first-order valence-corrected chi connectivity index (χ1v) is 5.78. The zero-order valence-corrected chi connectivity index (χ0v) is 10.6. The molecule has 2 aromatic rings. The van der Waals surface area contributed by atoms with E-state index in [1.807, 2.05) is 37.3 Å². The molecule has 3 N–H and O–H groups in total. The number of pyridine rings is 1. The van der Waals surface area contributed by atoms with Crippen LogP contribution in [0.1, 0.15) is 22.9 Å². The van der Waals surface area contributed by atoms with E-state index in [-0.39, 0.29) is 6.04 Å². The highest BCUT2D eigenvalue weighted by molar-refractivity contribution is 5.42. The van der Waals surface area contributed by atoms with Gasteiger partial charge in [0, 0.05) is 11.8 Å². The van der Waals surface area contributed by atoms with E-state index in [2.05, 4.69) is 16.5 Å². The molecule has 1 heterocycles. The zero-order chi connectivity index (χ0) is 13.0. The normalized spacial score (nSPS) is 12.2. The number of ether oxygens (including phenoxy) is 1. The largest absolute Gasteiger partial charge is 0.496 e. The van der Waals surface area contributed by atoms with Crippen LogP contribution in [-0.2, 0) is 0 Å². The number of benzene rings is 1. The fourth-order valence-corrected chi connectivity index (χ4v) is 1.96. The molecule has 1 unspecified atom stereocenters. The Morgan fingerprint density at radius 3 is 2.72 bits per heavy atom. The summed E-state index contributed by atoms with van der Waals surface area (Å²) in [5, 5.41) is 0. The molecule has 0 spiro atoms. The summed E-state index contributed by atoms with van der Waals surface area (Å²) in [6, 6.07) is 11.6. The van der Waals surface area contributed by atoms with Gasteiger partial charge in [0.2, 0.25) is 0 Å². The molecule has 0 fully saturated rings. The molecule has 0 radical (unpaired) electrons. The molecule has 94 valence electrons. The third kappa shape index (κ3) is 2.50. The van der Waals surface area contributed by atoms with Gasteiger partial charge in [-0.15, -0.1) is 0 Å². The van der Waals surface area contributed by atoms with Gasteiger partial charge in [-0.2, -0.15) is 0 Å². The number of methoxy groups -OCH3 is 1. The number of aryl methyl sites for hydroxylation is 1. The number of rotatable bonds is 4. The molecule has 0 amide bonds. The third-order valence-corrected chi connectivity index (χ3v) is 2.85. The first-order valence-electron chi connectivity index (χ1n) is 5.78. The van der Waals surface area contributed by atoms with Crippen LogP contribution in [-0.4, -0.2) is 12.1 Å². The number of aromatic nitrogens is 1. The maximum Gasteiger partial charge on any atom is 0.124 e. The van der Waals surface area contributed by atoms with Gasteiger partial charge in [-0.05, 0) is 25.1 Å². The van der Waals surface area contributed by atoms with Crippen LogP contribution >= 0.6 is 0 Å². The Hall–Kier alpha value is -1.91. The Bertz CT molecular complexity index is 514. The van der Waals surface area contributed by atoms with E-state index in [0.29, 0.717) is 0 Å². The molecule has 1 aromatic carbocycles. The molecule has 18 heavy (non-hydrogen) atoms. The van der Waals surface area contributed by atoms with Crippen molar-refractivity contribution in [3.05, 3.63) is 59.4 Å². The molecule has 2 rings (SSSR count). The van der Waals surface area contributed by atoms with Crippen molar-refractivity contribution in [3.8, 4) is 5.75 Å². The first-order chi connectivity index (χ1) is 8.76. The average molecular weight is 243 g/mol. The van der Waals surface area contributed by atoms with Crippen molar-refractivity contribution >= 4 is 0 Å². The lowest BCUT2D eigenvalue weighted by Crippen LogP contribution is -2.29. The fraction of sp³-hybridized carbons (Fsp3) is 0.214. The molecular weight excluding hydrogens is 226 g/mol. The monoisotopic (exact) mass is 243 g/mol. The van der Waals surface area contributed by atoms with Gasteiger partial charge in [-0.1, -0.05) is 23.8 Å². The van der Waals surface area contributed by atoms with Crippen molar-refractivity contribution in [1.29, 1.82) is 0 Å². The Labute approximate surface area is 107 Å². The Morgan fingerprint density at radius 1 is 1.28 bits per heavy atom. The van der Waals surface area contributed by atoms with Crippen molar-refractivity contribution in [3.63, 3.8) is 0 Å². The Balaban J connectivity index is 2.48. The van der Waals surface area contributed by atoms with Crippen LogP contribution in [0.5, 0.6) is 5.75 Å². The highest BCUT2D eigenvalue weighted by Gasteiger charge is 2.17. The summed E-state index contributed by atoms with van der Waals surface area (Å²) in [7, 11) is 1.65. The molecule has 0 saturated carbocycles. The molecule has 0 aliphatic carbocycles. The summed E-state index contributed by atoms with van der Waals surface area (Å²) in [4.78, 5) is 4.33. The smallest absolute Gasteiger partial charge is 0.124 e. The fourth-order valence-electron chi connectivity index (χ4n) is 1.96. The van der Waals surface area contributed by atoms with Crippen LogP contribution < -0.4 is 16.0 Å². The second-order valence-corrected chi connectivity index (χ2v) is 4.10. The quantitative estimate of drug-likeness (QED) is 0.636. The van der Waals surface area contributed by atoms with E-state index in [4.69, 9.17) is 10.6 Å². The van der Waals surface area contributed by atoms with Crippen LogP contribution in [0.3, 0.4) is 0 Å². The summed E-state index contributed by atoms with van der Waals surface area (Å²) >= 11 is 0. The predicted octanol–water partition coefficient (Wildman–Crippen LogP) is 1.95. The van der Waals surface area contributed by atoms with Crippen molar-refractivity contribution < 1.29 is 4.74 Å². The molecule has 4 nitrogen and oxygen atoms in total. The van der Waals surface area contributed by atoms with Crippen LogP contribution in [0.2, 0.25) is 0 Å². The average Bonchev–Trinajstić information content (AvgIpc) is 2.41. The first kappa shape index (κ1) is 12.5. The van der Waals surface area contributed by atoms with Gasteiger partial charge in [-0.25, -0.2) is 5.43 Å². The lowest BCUT2D eigenvalue weighted by Gasteiger charge is -2.19. The summed E-state index contributed by atoms with van der Waals surface area (Å²) in [6.07, 6.45) is 1.75. The Kier molecular flexibility index (Phi) is 3.92. The molecule has 1 aromatic heterocycles. The van der Waals surface area contributed by atoms with Gasteiger partial charge in [0.05, 0.1) is 18.8 Å². The second-order valence-electron chi connectivity index (χ2n) is 4.10. The van der Waals surface area contributed by atoms with E-state index >= 15 is 0 Å². The van der Waals surface area contributed by atoms with Crippen molar-refractivity contribution in [2.24, 2.45) is 5.84 Å². The minimum Gasteiger partial charge on any atom is -0.496 e. The number of nitrogens with one attached hydrogen (secondary N) is 1. The summed E-state index contributed by atoms with van der Waals surface area (Å²) in [5.74, 6) is 6.47. The van der Waals surface area contributed by atoms with Gasteiger partial charge in [-0.3, -0.25) is 10.8 Å². The van der Waals surface area contributed by atoms with E-state index < -0.39 is 0 Å². The van der Waals surface area contributed by atoms with Crippen molar-refractivity contribution in [2.45, 2.75) is 13.0 Å². The second kappa shape index (κ2) is 5.62. The van der Waals surface area contributed by atoms with Crippen LogP contribution in [0.15, 0.2) is 42.6 Å². The van der Waals surface area contributed by atoms with Gasteiger partial charge < -0.3 is 4.74 Å². The third-order valence-electron chi connectivity index (χ3n) is 2.85. The standard InChI is InChI=1S/C14H17N3O/c1-10-6-7-13(18-2)11(9-10)14(17-15)12-5-3-4-8-16-12/h3-9,14,17H,15H2,1-2H3. The SMILES string of the molecule is COc1ccc(C)cc1C(NN)c1ccccn1. The number of nitrogens with zero attached hydrogens (tertiary/aromatic N) is 1. The van der Waals surface area contributed by atoms with Gasteiger partial charge in [0.25, 0.3) is 0 Å². The Morgan fingerprint density at radius 2 is 2.11 bits per heavy atom. The molecule has 0 aliphatic rings. The highest BCUT2D eigenvalue weighted by Crippen LogP contribution is 2.29. The van der Waals surface area contributed by atoms with Crippen molar-refractivity contribution in [1.82, 2.24) is 10.4 Å². The summed E-state index contributed by atoms with van der Waals surface area (Å²) in [5.41, 5.74) is 5.80. The molecule has 0 bridgehead atoms. The number of hydrazine groups is 1. The predicted molar refractivity (Wildman–Crippen MR) is 71.1 cm³/mol. The van der Waals surface area contributed by atoms with Crippen LogP contribution in [0.4, 0.5) is 0 Å². The number of hydrogen-bond donors (Lipinski definition) is 2. The van der Waals surface area contributed by atoms with Crippen LogP contribution in [0.25, 0.3) is 0 Å². The van der Waals surface area contributed by atoms with Gasteiger partial charge >= 0.3 is 0 Å². The van der Waals surface area contributed by atoms with E-state index in [1.165, 1.54) is 0 Å². The van der Waals surface area contributed by atoms with E-state index in [1.54, 1.807) is 13.3 Å². The molecule has 1 atom stereocenters. The van der Waals surface area contributed by atoms with Gasteiger partial charge in [0.1, 0.15) is 5.75 Å². The topological polar surface area (TPSA) is 60.2 Å². The molecule has 0 aliphatic heterocycles. The minimum atomic E-state index is -0.180. The van der Waals surface area contributed by atoms with E-state index in [0.717, 1.165) is 22.6 Å². The van der Waals surface area contributed by atoms with Crippen LogP contribution in [0, 0.1) is 6.92 Å². The van der Waals surface area contributed by atoms with Gasteiger partial charge in [0.15, 0.2) is 0 Å². The zero-order valence-electron chi connectivity index (χ0n) is 10.6. The summed E-state index contributed by atoms with van der Waals surface area (Å²) in [6.45, 7) is 2.04. The lowest BCUT2D eigenvalue weighted by atomic mass is 10.0. The maximum atomic E-state index is 5.66. The maximum absolute atomic E-state index is 5.66. The lowest BCUT2D eigenvalue weighted by molar-refractivity contribution is 0.403. The highest BCUT2D eigenvalue weighted by atomic mass is 16.5. The molecular formula is C14H17N3O. The van der Waals surface area contributed by atoms with Crippen molar-refractivity contribution in [2.75, 3.05) is 7.11 Å². The summed E-state index contributed by atoms with van der Waals surface area (Å²) < 4.78 is 5.38. The number of hydrogen-bond acceptors (Lipinski definition) is 4. The number of nitrogens with two attached hydrogens (primary N) is 1. The van der Waals surface area contributed by atoms with E-state index in [9.17, 15) is 0 Å².